The van der Waals surface area contributed by atoms with Crippen LogP contribution in [-0.4, -0.2) is 16.0 Å². The van der Waals surface area contributed by atoms with Crippen LogP contribution in [0.2, 0.25) is 0 Å². The van der Waals surface area contributed by atoms with E-state index in [0.29, 0.717) is 5.69 Å². The first kappa shape index (κ1) is 20.4. The molecule has 5 nitrogen and oxygen atoms in total. The van der Waals surface area contributed by atoms with E-state index in [9.17, 15) is 17.6 Å². The molecule has 9 heteroatoms. The number of anilines is 3. The zero-order valence-electron chi connectivity index (χ0n) is 15.7. The van der Waals surface area contributed by atoms with Crippen molar-refractivity contribution < 1.29 is 17.6 Å². The molecular weight excluding hydrogens is 386 g/mol. The highest BCUT2D eigenvalue weighted by Gasteiger charge is 2.19. The Balaban J connectivity index is 1.93. The highest BCUT2D eigenvalue weighted by molar-refractivity contribution is 5.65. The summed E-state index contributed by atoms with van der Waals surface area (Å²) in [6, 6.07) is 11.0. The van der Waals surface area contributed by atoms with E-state index in [2.05, 4.69) is 26.1 Å². The molecule has 1 aromatic heterocycles. The van der Waals surface area contributed by atoms with E-state index in [-0.39, 0.29) is 23.9 Å². The number of hydrazine groups is 1. The molecule has 0 aliphatic rings. The average Bonchev–Trinajstić information content (AvgIpc) is 2.72. The van der Waals surface area contributed by atoms with Crippen LogP contribution in [0.3, 0.4) is 0 Å². The van der Waals surface area contributed by atoms with Crippen molar-refractivity contribution in [1.82, 2.24) is 9.97 Å². The Hall–Kier alpha value is -3.36. The third-order valence-corrected chi connectivity index (χ3v) is 4.21. The maximum absolute atomic E-state index is 13.9. The van der Waals surface area contributed by atoms with Crippen molar-refractivity contribution in [2.24, 2.45) is 0 Å². The van der Waals surface area contributed by atoms with Crippen LogP contribution in [-0.2, 0) is 0 Å². The predicted molar refractivity (Wildman–Crippen MR) is 104 cm³/mol. The maximum atomic E-state index is 13.9. The van der Waals surface area contributed by atoms with Gasteiger partial charge in [-0.2, -0.15) is 4.98 Å². The van der Waals surface area contributed by atoms with E-state index in [4.69, 9.17) is 0 Å². The largest absolute Gasteiger partial charge is 0.352 e. The number of nitrogens with zero attached hydrogens (tertiary/aromatic N) is 2. The second-order valence-corrected chi connectivity index (χ2v) is 6.37. The molecule has 0 spiro atoms. The number of rotatable bonds is 7. The number of hydrogen-bond donors (Lipinski definition) is 3. The van der Waals surface area contributed by atoms with Gasteiger partial charge in [0, 0.05) is 23.7 Å². The van der Waals surface area contributed by atoms with Gasteiger partial charge in [0.1, 0.15) is 5.69 Å². The van der Waals surface area contributed by atoms with E-state index in [1.807, 2.05) is 44.2 Å². The maximum Gasteiger partial charge on any atom is 0.225 e. The molecule has 0 aliphatic carbocycles. The molecule has 3 rings (SSSR count). The number of halogens is 4. The van der Waals surface area contributed by atoms with Crippen LogP contribution >= 0.6 is 0 Å². The van der Waals surface area contributed by atoms with Gasteiger partial charge < -0.3 is 5.32 Å². The second kappa shape index (κ2) is 8.76. The molecule has 0 aliphatic heterocycles. The van der Waals surface area contributed by atoms with Crippen molar-refractivity contribution in [2.45, 2.75) is 26.3 Å². The van der Waals surface area contributed by atoms with Crippen LogP contribution in [0.1, 0.15) is 20.3 Å². The van der Waals surface area contributed by atoms with Gasteiger partial charge in [0.25, 0.3) is 0 Å². The molecule has 0 unspecified atom stereocenters. The lowest BCUT2D eigenvalue weighted by atomic mass is 10.1. The fourth-order valence-corrected chi connectivity index (χ4v) is 2.46. The van der Waals surface area contributed by atoms with E-state index in [1.54, 1.807) is 0 Å². The van der Waals surface area contributed by atoms with Gasteiger partial charge in [0.05, 0.1) is 5.69 Å². The molecular formula is C20H19F4N5. The smallest absolute Gasteiger partial charge is 0.225 e. The summed E-state index contributed by atoms with van der Waals surface area (Å²) in [5.41, 5.74) is 4.99. The zero-order chi connectivity index (χ0) is 21.0. The van der Waals surface area contributed by atoms with Gasteiger partial charge in [-0.3, -0.25) is 10.9 Å². The summed E-state index contributed by atoms with van der Waals surface area (Å²) in [7, 11) is 0. The fourth-order valence-electron chi connectivity index (χ4n) is 2.46. The second-order valence-electron chi connectivity index (χ2n) is 6.37. The Morgan fingerprint density at radius 3 is 2.17 bits per heavy atom. The number of aromatic nitrogens is 2. The topological polar surface area (TPSA) is 61.9 Å². The number of hydrogen-bond acceptors (Lipinski definition) is 5. The zero-order valence-corrected chi connectivity index (χ0v) is 15.7. The molecule has 1 atom stereocenters. The normalized spacial score (nSPS) is 11.8. The quantitative estimate of drug-likeness (QED) is 0.281. The van der Waals surface area contributed by atoms with Crippen LogP contribution in [0.5, 0.6) is 0 Å². The summed E-state index contributed by atoms with van der Waals surface area (Å²) in [6.45, 7) is 3.94. The van der Waals surface area contributed by atoms with E-state index in [0.717, 1.165) is 12.0 Å². The van der Waals surface area contributed by atoms with E-state index < -0.39 is 29.0 Å². The standard InChI is InChI=1S/C20H19F4N5/c1-3-11(2)25-20-26-15(12-7-5-4-6-8-12)10-16(27-20)28-29-19-17(23)13(21)9-14(22)18(19)24/h4-11,29H,3H2,1-2H3,(H2,25,26,27,28)/t11-/m0/s1. The van der Waals surface area contributed by atoms with Gasteiger partial charge in [0.2, 0.25) is 5.95 Å². The number of benzene rings is 2. The highest BCUT2D eigenvalue weighted by Crippen LogP contribution is 2.25. The molecule has 0 bridgehead atoms. The number of nitrogens with one attached hydrogen (secondary N) is 3. The minimum atomic E-state index is -1.55. The van der Waals surface area contributed by atoms with Crippen LogP contribution in [0.15, 0.2) is 42.5 Å². The summed E-state index contributed by atoms with van der Waals surface area (Å²) in [5.74, 6) is -5.69. The summed E-state index contributed by atoms with van der Waals surface area (Å²) < 4.78 is 54.5. The van der Waals surface area contributed by atoms with Gasteiger partial charge >= 0.3 is 0 Å². The van der Waals surface area contributed by atoms with Crippen LogP contribution in [0, 0.1) is 23.3 Å². The summed E-state index contributed by atoms with van der Waals surface area (Å²) in [4.78, 5) is 8.69. The van der Waals surface area contributed by atoms with Crippen molar-refractivity contribution in [2.75, 3.05) is 16.2 Å². The Morgan fingerprint density at radius 2 is 1.55 bits per heavy atom. The molecule has 2 aromatic carbocycles. The van der Waals surface area contributed by atoms with E-state index >= 15 is 0 Å². The Labute approximate surface area is 165 Å². The SMILES string of the molecule is CC[C@H](C)Nc1nc(NNc2c(F)c(F)cc(F)c2F)cc(-c2ccccc2)n1. The molecule has 29 heavy (non-hydrogen) atoms. The lowest BCUT2D eigenvalue weighted by molar-refractivity contribution is 0.459. The molecule has 0 saturated carbocycles. The Bertz CT molecular complexity index is 972. The summed E-state index contributed by atoms with van der Waals surface area (Å²) in [6.07, 6.45) is 0.818. The van der Waals surface area contributed by atoms with Gasteiger partial charge in [-0.25, -0.2) is 22.5 Å². The van der Waals surface area contributed by atoms with Crippen molar-refractivity contribution in [3.63, 3.8) is 0 Å². The molecule has 0 amide bonds. The Kier molecular flexibility index (Phi) is 6.16. The minimum Gasteiger partial charge on any atom is -0.352 e. The average molecular weight is 405 g/mol. The van der Waals surface area contributed by atoms with Crippen molar-refractivity contribution >= 4 is 17.5 Å². The summed E-state index contributed by atoms with van der Waals surface area (Å²) >= 11 is 0. The van der Waals surface area contributed by atoms with Crippen LogP contribution in [0.25, 0.3) is 11.3 Å². The van der Waals surface area contributed by atoms with Crippen molar-refractivity contribution in [3.05, 3.63) is 65.7 Å². The highest BCUT2D eigenvalue weighted by atomic mass is 19.2. The van der Waals surface area contributed by atoms with Crippen molar-refractivity contribution in [3.8, 4) is 11.3 Å². The summed E-state index contributed by atoms with van der Waals surface area (Å²) in [5, 5.41) is 3.12. The first-order valence-electron chi connectivity index (χ1n) is 8.95. The molecule has 1 heterocycles. The molecule has 0 fully saturated rings. The van der Waals surface area contributed by atoms with Gasteiger partial charge in [-0.05, 0) is 13.3 Å². The van der Waals surface area contributed by atoms with Gasteiger partial charge in [-0.15, -0.1) is 0 Å². The van der Waals surface area contributed by atoms with E-state index in [1.165, 1.54) is 6.07 Å². The molecule has 3 aromatic rings. The first-order chi connectivity index (χ1) is 13.9. The predicted octanol–water partition coefficient (Wildman–Crippen LogP) is 5.35. The van der Waals surface area contributed by atoms with Crippen LogP contribution < -0.4 is 16.2 Å². The monoisotopic (exact) mass is 405 g/mol. The fraction of sp³-hybridized carbons (Fsp3) is 0.200. The third-order valence-electron chi connectivity index (χ3n) is 4.21. The molecule has 0 saturated heterocycles. The first-order valence-corrected chi connectivity index (χ1v) is 8.95. The minimum absolute atomic E-state index is 0.0778. The van der Waals surface area contributed by atoms with Crippen LogP contribution in [0.4, 0.5) is 35.0 Å². The van der Waals surface area contributed by atoms with Gasteiger partial charge in [0.15, 0.2) is 29.1 Å². The van der Waals surface area contributed by atoms with Gasteiger partial charge in [-0.1, -0.05) is 37.3 Å². The van der Waals surface area contributed by atoms with Crippen molar-refractivity contribution in [1.29, 1.82) is 0 Å². The third kappa shape index (κ3) is 4.74. The lowest BCUT2D eigenvalue weighted by Crippen LogP contribution is -2.18. The lowest BCUT2D eigenvalue weighted by Gasteiger charge is -2.16. The molecule has 3 N–H and O–H groups in total. The molecule has 0 radical (unpaired) electrons. The Morgan fingerprint density at radius 1 is 0.897 bits per heavy atom. The molecule has 152 valence electrons.